The summed E-state index contributed by atoms with van der Waals surface area (Å²) in [5, 5.41) is -0.307. The molecule has 3 aromatic rings. The van der Waals surface area contributed by atoms with E-state index in [-0.39, 0.29) is 28.0 Å². The highest BCUT2D eigenvalue weighted by atomic mass is 35.5. The maximum Gasteiger partial charge on any atom is 0.247 e. The third-order valence-corrected chi connectivity index (χ3v) is 4.60. The quantitative estimate of drug-likeness (QED) is 0.478. The van der Waals surface area contributed by atoms with E-state index in [1.54, 1.807) is 0 Å². The first-order valence-corrected chi connectivity index (χ1v) is 9.72. The monoisotopic (exact) mass is 413 g/mol. The zero-order valence-electron chi connectivity index (χ0n) is 13.2. The molecule has 0 aliphatic heterocycles. The summed E-state index contributed by atoms with van der Waals surface area (Å²) >= 11 is 11.4. The van der Waals surface area contributed by atoms with Gasteiger partial charge in [0.15, 0.2) is 11.0 Å². The predicted molar refractivity (Wildman–Crippen MR) is 93.2 cm³/mol. The number of aromatic nitrogens is 5. The van der Waals surface area contributed by atoms with Crippen molar-refractivity contribution in [3.63, 3.8) is 0 Å². The van der Waals surface area contributed by atoms with Gasteiger partial charge in [-0.15, -0.1) is 0 Å². The Labute approximate surface area is 158 Å². The molecule has 3 aromatic heterocycles. The van der Waals surface area contributed by atoms with Crippen LogP contribution in [0.3, 0.4) is 0 Å². The number of hydrogen-bond donors (Lipinski definition) is 0. The zero-order valence-corrected chi connectivity index (χ0v) is 15.5. The van der Waals surface area contributed by atoms with Gasteiger partial charge in [0.1, 0.15) is 5.82 Å². The van der Waals surface area contributed by atoms with E-state index in [0.29, 0.717) is 16.4 Å². The Hall–Kier alpha value is -2.23. The lowest BCUT2D eigenvalue weighted by Crippen LogP contribution is -2.08. The average Bonchev–Trinajstić information content (AvgIpc) is 2.59. The van der Waals surface area contributed by atoms with Gasteiger partial charge in [-0.05, 0) is 6.07 Å². The molecule has 0 aromatic carbocycles. The summed E-state index contributed by atoms with van der Waals surface area (Å²) in [5.41, 5.74) is 0.938. The van der Waals surface area contributed by atoms with Crippen molar-refractivity contribution in [3.05, 3.63) is 58.2 Å². The van der Waals surface area contributed by atoms with Crippen molar-refractivity contribution in [3.8, 4) is 11.3 Å². The molecule has 0 aliphatic carbocycles. The van der Waals surface area contributed by atoms with Gasteiger partial charge in [0.05, 0.1) is 10.7 Å². The number of sulfone groups is 1. The van der Waals surface area contributed by atoms with Gasteiger partial charge in [-0.2, -0.15) is 0 Å². The fourth-order valence-corrected chi connectivity index (χ4v) is 2.80. The van der Waals surface area contributed by atoms with Crippen LogP contribution in [0.1, 0.15) is 11.4 Å². The number of hydrogen-bond acceptors (Lipinski definition) is 7. The molecule has 0 fully saturated rings. The summed E-state index contributed by atoms with van der Waals surface area (Å²) in [7, 11) is -3.66. The Kier molecular flexibility index (Phi) is 5.12. The van der Waals surface area contributed by atoms with Crippen LogP contribution in [-0.4, -0.2) is 39.6 Å². The Bertz CT molecular complexity index is 1080. The van der Waals surface area contributed by atoms with Gasteiger partial charge < -0.3 is 0 Å². The van der Waals surface area contributed by atoms with E-state index in [9.17, 15) is 12.8 Å². The van der Waals surface area contributed by atoms with Crippen molar-refractivity contribution in [1.82, 2.24) is 24.9 Å². The highest BCUT2D eigenvalue weighted by Gasteiger charge is 2.18. The third-order valence-electron chi connectivity index (χ3n) is 3.27. The molecule has 0 unspecified atom stereocenters. The zero-order chi connectivity index (χ0) is 18.9. The minimum Gasteiger partial charge on any atom is -0.241 e. The van der Waals surface area contributed by atoms with Crippen LogP contribution >= 0.6 is 23.2 Å². The topological polar surface area (TPSA) is 98.6 Å². The normalized spacial score (nSPS) is 11.5. The molecule has 0 N–H and O–H groups in total. The Morgan fingerprint density at radius 1 is 1.04 bits per heavy atom. The van der Waals surface area contributed by atoms with E-state index in [4.69, 9.17) is 23.2 Å². The molecule has 3 rings (SSSR count). The smallest absolute Gasteiger partial charge is 0.241 e. The van der Waals surface area contributed by atoms with Crippen LogP contribution in [0.5, 0.6) is 0 Å². The van der Waals surface area contributed by atoms with E-state index >= 15 is 0 Å². The van der Waals surface area contributed by atoms with Crippen molar-refractivity contribution in [2.45, 2.75) is 11.6 Å². The van der Waals surface area contributed by atoms with Crippen molar-refractivity contribution in [2.75, 3.05) is 6.26 Å². The number of nitrogens with zero attached hydrogens (tertiary/aromatic N) is 5. The minimum absolute atomic E-state index is 0.181. The van der Waals surface area contributed by atoms with E-state index in [2.05, 4.69) is 24.9 Å². The van der Waals surface area contributed by atoms with Crippen LogP contribution in [0.25, 0.3) is 11.3 Å². The molecular weight excluding hydrogens is 404 g/mol. The van der Waals surface area contributed by atoms with Gasteiger partial charge in [-0.25, -0.2) is 37.7 Å². The van der Waals surface area contributed by atoms with Gasteiger partial charge in [0.2, 0.25) is 15.0 Å². The molecule has 11 heteroatoms. The van der Waals surface area contributed by atoms with Gasteiger partial charge in [-0.3, -0.25) is 0 Å². The fourth-order valence-electron chi connectivity index (χ4n) is 2.10. The van der Waals surface area contributed by atoms with E-state index in [1.807, 2.05) is 0 Å². The highest BCUT2D eigenvalue weighted by molar-refractivity contribution is 7.90. The molecule has 0 radical (unpaired) electrons. The highest BCUT2D eigenvalue weighted by Crippen LogP contribution is 2.26. The second-order valence-electron chi connectivity index (χ2n) is 5.29. The molecule has 0 atom stereocenters. The second-order valence-corrected chi connectivity index (χ2v) is 7.99. The molecule has 0 spiro atoms. The van der Waals surface area contributed by atoms with Crippen LogP contribution in [0, 0.1) is 5.82 Å². The van der Waals surface area contributed by atoms with Crippen molar-refractivity contribution in [2.24, 2.45) is 0 Å². The summed E-state index contributed by atoms with van der Waals surface area (Å²) in [6, 6.07) is 1.12. The van der Waals surface area contributed by atoms with Crippen molar-refractivity contribution in [1.29, 1.82) is 0 Å². The van der Waals surface area contributed by atoms with Gasteiger partial charge in [-0.1, -0.05) is 23.2 Å². The van der Waals surface area contributed by atoms with Gasteiger partial charge in [0.25, 0.3) is 0 Å². The number of rotatable bonds is 4. The van der Waals surface area contributed by atoms with Crippen LogP contribution in [-0.2, 0) is 16.3 Å². The summed E-state index contributed by atoms with van der Waals surface area (Å²) in [4.78, 5) is 19.8. The van der Waals surface area contributed by atoms with Gasteiger partial charge in [0, 0.05) is 48.6 Å². The molecule has 7 nitrogen and oxygen atoms in total. The van der Waals surface area contributed by atoms with Crippen molar-refractivity contribution < 1.29 is 12.8 Å². The summed E-state index contributed by atoms with van der Waals surface area (Å²) < 4.78 is 37.3. The Balaban J connectivity index is 2.13. The van der Waals surface area contributed by atoms with Gasteiger partial charge >= 0.3 is 0 Å². The lowest BCUT2D eigenvalue weighted by molar-refractivity contribution is 0.593. The lowest BCUT2D eigenvalue weighted by Gasteiger charge is -2.10. The average molecular weight is 414 g/mol. The van der Waals surface area contributed by atoms with E-state index in [0.717, 1.165) is 12.3 Å². The maximum atomic E-state index is 13.8. The molecule has 0 bridgehead atoms. The van der Waals surface area contributed by atoms with Crippen LogP contribution in [0.2, 0.25) is 10.2 Å². The first-order valence-electron chi connectivity index (χ1n) is 7.08. The third kappa shape index (κ3) is 4.12. The number of pyridine rings is 1. The molecule has 0 saturated heterocycles. The largest absolute Gasteiger partial charge is 0.247 e. The molecule has 0 saturated carbocycles. The first kappa shape index (κ1) is 18.6. The molecule has 3 heterocycles. The van der Waals surface area contributed by atoms with E-state index < -0.39 is 15.7 Å². The SMILES string of the molecule is CS(=O)(=O)c1ncc(Cc2ncc(Cl)cn2)c(-c2cnc(Cl)c(F)c2)n1. The summed E-state index contributed by atoms with van der Waals surface area (Å²) in [6.45, 7) is 0. The Morgan fingerprint density at radius 2 is 1.73 bits per heavy atom. The molecule has 0 amide bonds. The van der Waals surface area contributed by atoms with Crippen molar-refractivity contribution >= 4 is 33.0 Å². The molecule has 26 heavy (non-hydrogen) atoms. The summed E-state index contributed by atoms with van der Waals surface area (Å²) in [6.07, 6.45) is 6.66. The van der Waals surface area contributed by atoms with Crippen LogP contribution in [0.15, 0.2) is 36.0 Å². The fraction of sp³-hybridized carbons (Fsp3) is 0.133. The minimum atomic E-state index is -3.66. The lowest BCUT2D eigenvalue weighted by atomic mass is 10.1. The standard InChI is InChI=1S/C15H10Cl2FN5O2S/c1-26(24,25)15-22-5-9(3-12-19-6-10(16)7-20-12)13(23-15)8-2-11(18)14(17)21-4-8/h2,4-7H,3H2,1H3. The Morgan fingerprint density at radius 3 is 2.35 bits per heavy atom. The first-order chi connectivity index (χ1) is 12.2. The molecular formula is C15H10Cl2FN5O2S. The number of halogens is 3. The molecule has 0 aliphatic rings. The maximum absolute atomic E-state index is 13.8. The molecule has 134 valence electrons. The second kappa shape index (κ2) is 7.18. The van der Waals surface area contributed by atoms with Crippen LogP contribution in [0.4, 0.5) is 4.39 Å². The predicted octanol–water partition coefficient (Wildman–Crippen LogP) is 2.77. The van der Waals surface area contributed by atoms with E-state index in [1.165, 1.54) is 24.8 Å². The van der Waals surface area contributed by atoms with Crippen LogP contribution < -0.4 is 0 Å². The summed E-state index contributed by atoms with van der Waals surface area (Å²) in [5.74, 6) is -0.342.